The lowest BCUT2D eigenvalue weighted by Gasteiger charge is -2.15. The first-order valence-electron chi connectivity index (χ1n) is 9.90. The molecule has 34 heavy (non-hydrogen) atoms. The fourth-order valence-electron chi connectivity index (χ4n) is 3.21. The van der Waals surface area contributed by atoms with Crippen LogP contribution in [0.5, 0.6) is 28.7 Å². The number of aromatic hydroxyl groups is 1. The molecule has 0 aromatic heterocycles. The average molecular weight is 490 g/mol. The quantitative estimate of drug-likeness (QED) is 0.336. The van der Waals surface area contributed by atoms with E-state index in [0.29, 0.717) is 28.4 Å². The molecule has 0 saturated heterocycles. The fraction of sp³-hybridized carbons (Fsp3) is 0.167. The summed E-state index contributed by atoms with van der Waals surface area (Å²) in [5.74, 6) is 0.224. The number of phenolic OH excluding ortho intramolecular Hbond substituents is 1. The van der Waals surface area contributed by atoms with Crippen molar-refractivity contribution in [2.45, 2.75) is 4.90 Å². The summed E-state index contributed by atoms with van der Waals surface area (Å²) in [4.78, 5) is -0.297. The van der Waals surface area contributed by atoms with Crippen LogP contribution in [0.3, 0.4) is 0 Å². The Labute approximate surface area is 197 Å². The van der Waals surface area contributed by atoms with Crippen LogP contribution in [0.2, 0.25) is 0 Å². The number of methoxy groups -OCH3 is 4. The van der Waals surface area contributed by atoms with Gasteiger partial charge in [0, 0.05) is 5.56 Å². The van der Waals surface area contributed by atoms with Gasteiger partial charge in [0.05, 0.1) is 33.3 Å². The van der Waals surface area contributed by atoms with Gasteiger partial charge in [0.25, 0.3) is 10.0 Å². The SMILES string of the molecule is COc1ccc(C=Cc2cc(OC)c(OC)c(OC)c2)c(NS(=O)(=O)c2cccc(F)c2)c1O. The number of sulfonamides is 1. The highest BCUT2D eigenvalue weighted by atomic mass is 32.2. The van der Waals surface area contributed by atoms with E-state index in [4.69, 9.17) is 18.9 Å². The van der Waals surface area contributed by atoms with Gasteiger partial charge in [0.2, 0.25) is 5.75 Å². The van der Waals surface area contributed by atoms with Gasteiger partial charge in [-0.2, -0.15) is 0 Å². The predicted molar refractivity (Wildman–Crippen MR) is 127 cm³/mol. The second-order valence-electron chi connectivity index (χ2n) is 6.94. The molecule has 0 aliphatic rings. The largest absolute Gasteiger partial charge is 0.503 e. The Hall–Kier alpha value is -3.92. The third kappa shape index (κ3) is 5.18. The molecule has 0 amide bonds. The molecular weight excluding hydrogens is 465 g/mol. The highest BCUT2D eigenvalue weighted by Crippen LogP contribution is 2.41. The summed E-state index contributed by atoms with van der Waals surface area (Å²) >= 11 is 0. The second-order valence-corrected chi connectivity index (χ2v) is 8.62. The summed E-state index contributed by atoms with van der Waals surface area (Å²) in [7, 11) is 1.60. The van der Waals surface area contributed by atoms with Crippen LogP contribution in [0, 0.1) is 5.82 Å². The van der Waals surface area contributed by atoms with Crippen LogP contribution in [0.1, 0.15) is 11.1 Å². The minimum absolute atomic E-state index is 0.0573. The van der Waals surface area contributed by atoms with Crippen LogP contribution in [-0.2, 0) is 10.0 Å². The molecule has 0 atom stereocenters. The molecule has 2 N–H and O–H groups in total. The summed E-state index contributed by atoms with van der Waals surface area (Å²) in [6, 6.07) is 11.0. The molecule has 0 heterocycles. The average Bonchev–Trinajstić information content (AvgIpc) is 2.83. The third-order valence-electron chi connectivity index (χ3n) is 4.88. The first-order valence-corrected chi connectivity index (χ1v) is 11.4. The van der Waals surface area contributed by atoms with E-state index >= 15 is 0 Å². The van der Waals surface area contributed by atoms with E-state index in [0.717, 1.165) is 12.1 Å². The van der Waals surface area contributed by atoms with Gasteiger partial charge in [0.1, 0.15) is 11.5 Å². The van der Waals surface area contributed by atoms with E-state index in [2.05, 4.69) is 4.72 Å². The Bertz CT molecular complexity index is 1300. The number of benzene rings is 3. The molecule has 0 aliphatic carbocycles. The van der Waals surface area contributed by atoms with Crippen LogP contribution < -0.4 is 23.7 Å². The highest BCUT2D eigenvalue weighted by Gasteiger charge is 2.21. The minimum Gasteiger partial charge on any atom is -0.503 e. The topological polar surface area (TPSA) is 103 Å². The van der Waals surface area contributed by atoms with E-state index < -0.39 is 21.6 Å². The van der Waals surface area contributed by atoms with Crippen molar-refractivity contribution in [1.29, 1.82) is 0 Å². The summed E-state index contributed by atoms with van der Waals surface area (Å²) in [5, 5.41) is 10.6. The number of halogens is 1. The molecule has 180 valence electrons. The zero-order valence-electron chi connectivity index (χ0n) is 19.0. The summed E-state index contributed by atoms with van der Waals surface area (Å²) in [6.07, 6.45) is 3.26. The van der Waals surface area contributed by atoms with Crippen LogP contribution >= 0.6 is 0 Å². The van der Waals surface area contributed by atoms with Gasteiger partial charge in [0.15, 0.2) is 23.0 Å². The van der Waals surface area contributed by atoms with E-state index in [1.807, 2.05) is 0 Å². The Morgan fingerprint density at radius 1 is 0.853 bits per heavy atom. The fourth-order valence-corrected chi connectivity index (χ4v) is 4.34. The molecule has 0 radical (unpaired) electrons. The molecule has 3 aromatic rings. The van der Waals surface area contributed by atoms with Gasteiger partial charge in [-0.3, -0.25) is 4.72 Å². The number of anilines is 1. The molecule has 3 rings (SSSR count). The zero-order chi connectivity index (χ0) is 24.9. The summed E-state index contributed by atoms with van der Waals surface area (Å²) < 4.78 is 62.8. The first kappa shape index (κ1) is 24.7. The van der Waals surface area contributed by atoms with E-state index in [9.17, 15) is 17.9 Å². The van der Waals surface area contributed by atoms with Gasteiger partial charge in [-0.05, 0) is 48.0 Å². The molecule has 10 heteroatoms. The molecular formula is C24H24FNO7S. The maximum atomic E-state index is 13.6. The highest BCUT2D eigenvalue weighted by molar-refractivity contribution is 7.92. The smallest absolute Gasteiger partial charge is 0.262 e. The van der Waals surface area contributed by atoms with Crippen molar-refractivity contribution in [2.75, 3.05) is 33.2 Å². The Kier molecular flexibility index (Phi) is 7.52. The van der Waals surface area contributed by atoms with Gasteiger partial charge in [-0.25, -0.2) is 12.8 Å². The van der Waals surface area contributed by atoms with Crippen molar-refractivity contribution >= 4 is 27.9 Å². The normalized spacial score (nSPS) is 11.3. The van der Waals surface area contributed by atoms with Gasteiger partial charge < -0.3 is 24.1 Å². The van der Waals surface area contributed by atoms with Crippen molar-refractivity contribution in [3.8, 4) is 28.7 Å². The lowest BCUT2D eigenvalue weighted by atomic mass is 10.1. The minimum atomic E-state index is -4.22. The van der Waals surface area contributed by atoms with Crippen molar-refractivity contribution in [1.82, 2.24) is 0 Å². The van der Waals surface area contributed by atoms with Crippen LogP contribution in [0.25, 0.3) is 12.2 Å². The van der Waals surface area contributed by atoms with E-state index in [-0.39, 0.29) is 16.3 Å². The molecule has 3 aromatic carbocycles. The summed E-state index contributed by atoms with van der Waals surface area (Å²) in [5.41, 5.74) is 0.850. The van der Waals surface area contributed by atoms with Crippen LogP contribution in [-0.4, -0.2) is 42.0 Å². The first-order chi connectivity index (χ1) is 16.2. The Balaban J connectivity index is 2.07. The molecule has 0 fully saturated rings. The molecule has 8 nitrogen and oxygen atoms in total. The number of ether oxygens (including phenoxy) is 4. The van der Waals surface area contributed by atoms with E-state index in [1.54, 1.807) is 30.4 Å². The van der Waals surface area contributed by atoms with Crippen LogP contribution in [0.4, 0.5) is 10.1 Å². The Morgan fingerprint density at radius 3 is 2.06 bits per heavy atom. The molecule has 0 spiro atoms. The van der Waals surface area contributed by atoms with Gasteiger partial charge >= 0.3 is 0 Å². The van der Waals surface area contributed by atoms with Crippen LogP contribution in [0.15, 0.2) is 53.4 Å². The zero-order valence-corrected chi connectivity index (χ0v) is 19.8. The number of hydrogen-bond acceptors (Lipinski definition) is 7. The van der Waals surface area contributed by atoms with Gasteiger partial charge in [-0.15, -0.1) is 0 Å². The van der Waals surface area contributed by atoms with Crippen molar-refractivity contribution in [3.05, 3.63) is 65.5 Å². The molecule has 0 unspecified atom stereocenters. The Morgan fingerprint density at radius 2 is 1.50 bits per heavy atom. The number of phenols is 1. The maximum Gasteiger partial charge on any atom is 0.262 e. The number of nitrogens with one attached hydrogen (secondary N) is 1. The molecule has 0 saturated carbocycles. The number of rotatable bonds is 9. The van der Waals surface area contributed by atoms with Crippen molar-refractivity contribution in [3.63, 3.8) is 0 Å². The number of hydrogen-bond donors (Lipinski definition) is 2. The summed E-state index contributed by atoms with van der Waals surface area (Å²) in [6.45, 7) is 0. The van der Waals surface area contributed by atoms with Crippen molar-refractivity contribution < 1.29 is 36.9 Å². The lowest BCUT2D eigenvalue weighted by Crippen LogP contribution is -2.14. The lowest BCUT2D eigenvalue weighted by molar-refractivity contribution is 0.324. The van der Waals surface area contributed by atoms with E-state index in [1.165, 1.54) is 46.6 Å². The van der Waals surface area contributed by atoms with Crippen molar-refractivity contribution in [2.24, 2.45) is 0 Å². The van der Waals surface area contributed by atoms with Gasteiger partial charge in [-0.1, -0.05) is 18.2 Å². The molecule has 0 aliphatic heterocycles. The molecule has 0 bridgehead atoms. The predicted octanol–water partition coefficient (Wildman–Crippen LogP) is 4.54. The second kappa shape index (κ2) is 10.3. The maximum absolute atomic E-state index is 13.6. The third-order valence-corrected chi connectivity index (χ3v) is 6.23. The standard InChI is InChI=1S/C24H24FNO7S/c1-30-19-11-10-16(9-8-15-12-20(31-2)24(33-4)21(13-15)32-3)22(23(19)27)26-34(28,29)18-7-5-6-17(25)14-18/h5-14,26-27H,1-4H3. The monoisotopic (exact) mass is 489 g/mol.